The van der Waals surface area contributed by atoms with E-state index in [-0.39, 0.29) is 32.1 Å². The van der Waals surface area contributed by atoms with E-state index in [2.05, 4.69) is 67.7 Å². The molecule has 3 heterocycles. The zero-order chi connectivity index (χ0) is 56.4. The molecule has 0 spiro atoms. The number of hydrogen-bond acceptors (Lipinski definition) is 8. The number of carbonyl (C=O) groups is 3. The second-order valence-electron chi connectivity index (χ2n) is 24.4. The Bertz CT molecular complexity index is 2050. The van der Waals surface area contributed by atoms with Gasteiger partial charge in [-0.2, -0.15) is 0 Å². The normalized spacial score (nSPS) is 14.6. The number of aryl methyl sites for hydroxylation is 4. The van der Waals surface area contributed by atoms with Gasteiger partial charge in [0.05, 0.1) is 13.6 Å². The van der Waals surface area contributed by atoms with Gasteiger partial charge in [-0.1, -0.05) is 263 Å². The molecule has 0 fully saturated rings. The summed E-state index contributed by atoms with van der Waals surface area (Å²) in [6, 6.07) is 10.9. The average Bonchev–Trinajstić information content (AvgIpc) is 3.91. The highest BCUT2D eigenvalue weighted by Gasteiger charge is 2.35. The Hall–Kier alpha value is -3.92. The summed E-state index contributed by atoms with van der Waals surface area (Å²) in [6.07, 6.45) is 50.8. The topological polar surface area (TPSA) is 106 Å². The van der Waals surface area contributed by atoms with Crippen molar-refractivity contribution in [2.24, 2.45) is 0 Å². The fourth-order valence-corrected chi connectivity index (χ4v) is 11.7. The first kappa shape index (κ1) is 67.6. The van der Waals surface area contributed by atoms with Gasteiger partial charge in [-0.15, -0.1) is 0 Å². The number of fused-ring (bicyclic) bond motifs is 3. The van der Waals surface area contributed by atoms with Crippen molar-refractivity contribution >= 4 is 29.0 Å². The van der Waals surface area contributed by atoms with Crippen molar-refractivity contribution in [2.75, 3.05) is 26.9 Å². The number of esters is 2. The lowest BCUT2D eigenvalue weighted by Crippen LogP contribution is -2.49. The predicted molar refractivity (Wildman–Crippen MR) is 327 cm³/mol. The first-order valence-corrected chi connectivity index (χ1v) is 33.1. The highest BCUT2D eigenvalue weighted by atomic mass is 16.8. The molecular formula is C69H116N3O7+. The Kier molecular flexibility index (Phi) is 36.7. The largest absolute Gasteiger partial charge is 0.515 e. The van der Waals surface area contributed by atoms with Gasteiger partial charge >= 0.3 is 18.1 Å². The molecule has 1 aromatic carbocycles. The lowest BCUT2D eigenvalue weighted by molar-refractivity contribution is -0.940. The summed E-state index contributed by atoms with van der Waals surface area (Å²) in [5.41, 5.74) is 7.27. The summed E-state index contributed by atoms with van der Waals surface area (Å²) >= 11 is 0. The van der Waals surface area contributed by atoms with E-state index in [1.54, 1.807) is 0 Å². The number of ether oxygens (including phenoxy) is 4. The summed E-state index contributed by atoms with van der Waals surface area (Å²) < 4.78 is 25.7. The maximum absolute atomic E-state index is 13.4. The zero-order valence-electron chi connectivity index (χ0n) is 51.5. The van der Waals surface area contributed by atoms with E-state index in [9.17, 15) is 14.4 Å². The van der Waals surface area contributed by atoms with Crippen LogP contribution in [0.15, 0.2) is 36.5 Å². The number of hydrogen-bond donors (Lipinski definition) is 0. The maximum atomic E-state index is 13.4. The molecule has 0 radical (unpaired) electrons. The number of quaternary nitrogens is 1. The van der Waals surface area contributed by atoms with Gasteiger partial charge in [-0.25, -0.2) is 4.79 Å². The van der Waals surface area contributed by atoms with E-state index < -0.39 is 18.4 Å². The Balaban J connectivity index is 1.15. The van der Waals surface area contributed by atoms with Gasteiger partial charge in [0.25, 0.3) is 6.29 Å². The molecule has 0 aliphatic carbocycles. The lowest BCUT2D eigenvalue weighted by Gasteiger charge is -2.37. The predicted octanol–water partition coefficient (Wildman–Crippen LogP) is 19.6. The van der Waals surface area contributed by atoms with Crippen molar-refractivity contribution in [3.63, 3.8) is 0 Å². The van der Waals surface area contributed by atoms with Crippen molar-refractivity contribution in [1.82, 2.24) is 9.55 Å². The molecule has 10 heteroatoms. The van der Waals surface area contributed by atoms with Crippen LogP contribution in [-0.4, -0.2) is 65.3 Å². The standard InChI is InChI=1S/C69H116N3O7/c1-6-8-10-12-14-16-18-20-22-24-26-28-30-32-34-36-38-40-42-44-66(73)76-57-68(78-67(74)45-43-41-39-37-35-33-31-29-27-25-23-21-19-17-15-13-11-9-7-2)79-69(75)77-58-72(5)53-51-65-63(56-72)62-54-59(3)46-49-64(62)71(65)52-50-61-48-47-60(4)70-55-61/h46-49,54-55,68H,6-45,50-53,56-58H2,1-5H3/q+1. The molecule has 0 N–H and O–H groups in total. The van der Waals surface area contributed by atoms with E-state index in [0.717, 1.165) is 63.7 Å². The van der Waals surface area contributed by atoms with E-state index in [0.29, 0.717) is 17.4 Å². The van der Waals surface area contributed by atoms with Gasteiger partial charge in [-0.3, -0.25) is 19.1 Å². The van der Waals surface area contributed by atoms with Crippen LogP contribution >= 0.6 is 0 Å². The molecule has 2 unspecified atom stereocenters. The third-order valence-corrected chi connectivity index (χ3v) is 16.8. The molecule has 79 heavy (non-hydrogen) atoms. The molecule has 3 aromatic rings. The van der Waals surface area contributed by atoms with Crippen LogP contribution in [0.3, 0.4) is 0 Å². The van der Waals surface area contributed by atoms with Gasteiger partial charge < -0.3 is 23.5 Å². The van der Waals surface area contributed by atoms with Crippen molar-refractivity contribution in [3.05, 3.63) is 64.6 Å². The van der Waals surface area contributed by atoms with E-state index in [1.165, 1.54) is 239 Å². The quantitative estimate of drug-likeness (QED) is 0.0181. The number of carbonyl (C=O) groups excluding carboxylic acids is 3. The minimum atomic E-state index is -1.38. The second-order valence-corrected chi connectivity index (χ2v) is 24.4. The van der Waals surface area contributed by atoms with Crippen molar-refractivity contribution in [2.45, 2.75) is 317 Å². The molecule has 0 bridgehead atoms. The van der Waals surface area contributed by atoms with Gasteiger partial charge in [0.15, 0.2) is 6.61 Å². The van der Waals surface area contributed by atoms with Crippen LogP contribution in [0.1, 0.15) is 299 Å². The highest BCUT2D eigenvalue weighted by molar-refractivity contribution is 5.86. The molecule has 0 amide bonds. The minimum Gasteiger partial charge on any atom is -0.458 e. The van der Waals surface area contributed by atoms with Crippen molar-refractivity contribution in [3.8, 4) is 0 Å². The first-order chi connectivity index (χ1) is 38.6. The summed E-state index contributed by atoms with van der Waals surface area (Å²) in [5, 5.41) is 1.24. The fourth-order valence-electron chi connectivity index (χ4n) is 11.7. The Morgan fingerprint density at radius 2 is 1.01 bits per heavy atom. The third-order valence-electron chi connectivity index (χ3n) is 16.8. The highest BCUT2D eigenvalue weighted by Crippen LogP contribution is 2.34. The van der Waals surface area contributed by atoms with Crippen LogP contribution in [-0.2, 0) is 54.5 Å². The number of unbranched alkanes of at least 4 members (excludes halogenated alkanes) is 36. The summed E-state index contributed by atoms with van der Waals surface area (Å²) in [6.45, 7) is 10.8. The Morgan fingerprint density at radius 3 is 1.47 bits per heavy atom. The van der Waals surface area contributed by atoms with Crippen LogP contribution < -0.4 is 0 Å². The number of aromatic nitrogens is 2. The third kappa shape index (κ3) is 30.6. The van der Waals surface area contributed by atoms with Gasteiger partial charge in [-0.05, 0) is 56.9 Å². The van der Waals surface area contributed by atoms with Crippen LogP contribution in [0.5, 0.6) is 0 Å². The minimum absolute atomic E-state index is 0.0883. The fraction of sp³-hybridized carbons (Fsp3) is 0.768. The molecule has 0 saturated heterocycles. The molecule has 2 aromatic heterocycles. The number of nitrogens with zero attached hydrogens (tertiary/aromatic N) is 3. The number of rotatable bonds is 49. The average molecular weight is 1100 g/mol. The Morgan fingerprint density at radius 1 is 0.557 bits per heavy atom. The molecule has 10 nitrogen and oxygen atoms in total. The van der Waals surface area contributed by atoms with E-state index in [4.69, 9.17) is 18.9 Å². The monoisotopic (exact) mass is 1100 g/mol. The smallest absolute Gasteiger partial charge is 0.458 e. The number of likely N-dealkylation sites (N-methyl/N-ethyl adjacent to an activating group) is 1. The van der Waals surface area contributed by atoms with Crippen molar-refractivity contribution in [1.29, 1.82) is 0 Å². The summed E-state index contributed by atoms with van der Waals surface area (Å²) in [7, 11) is 2.10. The Labute approximate surface area is 482 Å². The van der Waals surface area contributed by atoms with Gasteiger partial charge in [0.2, 0.25) is 6.73 Å². The molecule has 1 aliphatic heterocycles. The molecule has 0 saturated carbocycles. The van der Waals surface area contributed by atoms with Gasteiger partial charge in [0.1, 0.15) is 6.54 Å². The van der Waals surface area contributed by atoms with E-state index in [1.807, 2.05) is 13.1 Å². The maximum Gasteiger partial charge on any atom is 0.515 e. The SMILES string of the molecule is CCCCCCCCCCCCCCCCCCCCCC(=O)OCC(OC(=O)CCCCCCCCCCCCCCCCCCCCC)OC(=O)OC[N+]1(C)CCc2c(c3cc(C)ccc3n2CCc2ccc(C)nc2)C1. The summed E-state index contributed by atoms with van der Waals surface area (Å²) in [5.74, 6) is -0.844. The van der Waals surface area contributed by atoms with E-state index >= 15 is 0 Å². The molecular weight excluding hydrogens is 983 g/mol. The van der Waals surface area contributed by atoms with Crippen LogP contribution in [0.4, 0.5) is 4.79 Å². The molecule has 2 atom stereocenters. The van der Waals surface area contributed by atoms with Crippen LogP contribution in [0.2, 0.25) is 0 Å². The molecule has 1 aliphatic rings. The summed E-state index contributed by atoms with van der Waals surface area (Å²) in [4.78, 5) is 44.0. The molecule has 448 valence electrons. The number of pyridine rings is 1. The van der Waals surface area contributed by atoms with Crippen LogP contribution in [0, 0.1) is 13.8 Å². The molecule has 4 rings (SSSR count). The zero-order valence-corrected chi connectivity index (χ0v) is 51.5. The lowest BCUT2D eigenvalue weighted by atomic mass is 10.0. The second kappa shape index (κ2) is 42.9. The number of benzene rings is 1. The van der Waals surface area contributed by atoms with Gasteiger partial charge in [0, 0.05) is 59.9 Å². The van der Waals surface area contributed by atoms with Crippen molar-refractivity contribution < 1.29 is 37.8 Å². The first-order valence-electron chi connectivity index (χ1n) is 33.1. The van der Waals surface area contributed by atoms with Crippen LogP contribution in [0.25, 0.3) is 10.9 Å².